The summed E-state index contributed by atoms with van der Waals surface area (Å²) in [5.41, 5.74) is 2.88. The molecule has 0 fully saturated rings. The average Bonchev–Trinajstić information content (AvgIpc) is 2.46. The Labute approximate surface area is 114 Å². The van der Waals surface area contributed by atoms with Crippen LogP contribution in [0.2, 0.25) is 0 Å². The Balaban J connectivity index is 2.05. The van der Waals surface area contributed by atoms with Gasteiger partial charge in [-0.25, -0.2) is 0 Å². The molecule has 0 unspecified atom stereocenters. The first-order valence-corrected chi connectivity index (χ1v) is 6.58. The Hall–Kier alpha value is -2.09. The summed E-state index contributed by atoms with van der Waals surface area (Å²) in [6.45, 7) is 2.58. The van der Waals surface area contributed by atoms with E-state index in [4.69, 9.17) is 4.74 Å². The largest absolute Gasteiger partial charge is 0.489 e. The van der Waals surface area contributed by atoms with Crippen LogP contribution < -0.4 is 4.74 Å². The van der Waals surface area contributed by atoms with Gasteiger partial charge in [0.1, 0.15) is 18.6 Å². The van der Waals surface area contributed by atoms with Gasteiger partial charge >= 0.3 is 0 Å². The lowest BCUT2D eigenvalue weighted by atomic mass is 10.1. The number of aryl methyl sites for hydroxylation is 1. The maximum atomic E-state index is 10.9. The Morgan fingerprint density at radius 3 is 2.74 bits per heavy atom. The highest BCUT2D eigenvalue weighted by atomic mass is 16.5. The lowest BCUT2D eigenvalue weighted by Gasteiger charge is -2.09. The van der Waals surface area contributed by atoms with Gasteiger partial charge in [0.15, 0.2) is 0 Å². The molecule has 2 aromatic rings. The topological polar surface area (TPSA) is 26.3 Å². The first-order valence-electron chi connectivity index (χ1n) is 6.58. The SMILES string of the molecule is CCCc1cccc(OCc2ccccc2C=O)c1. The third-order valence-corrected chi connectivity index (χ3v) is 3.01. The minimum atomic E-state index is 0.421. The zero-order chi connectivity index (χ0) is 13.5. The fourth-order valence-corrected chi connectivity index (χ4v) is 2.02. The third-order valence-electron chi connectivity index (χ3n) is 3.01. The maximum absolute atomic E-state index is 10.9. The summed E-state index contributed by atoms with van der Waals surface area (Å²) in [5.74, 6) is 0.853. The molecule has 2 heteroatoms. The zero-order valence-corrected chi connectivity index (χ0v) is 11.1. The van der Waals surface area contributed by atoms with Crippen molar-refractivity contribution in [2.45, 2.75) is 26.4 Å². The predicted molar refractivity (Wildman–Crippen MR) is 76.6 cm³/mol. The van der Waals surface area contributed by atoms with Gasteiger partial charge in [-0.2, -0.15) is 0 Å². The second-order valence-electron chi connectivity index (χ2n) is 4.50. The Kier molecular flexibility index (Phi) is 4.73. The molecule has 0 radical (unpaired) electrons. The van der Waals surface area contributed by atoms with E-state index in [1.165, 1.54) is 5.56 Å². The zero-order valence-electron chi connectivity index (χ0n) is 11.1. The molecule has 2 nitrogen and oxygen atoms in total. The van der Waals surface area contributed by atoms with Gasteiger partial charge in [0.05, 0.1) is 0 Å². The minimum absolute atomic E-state index is 0.421. The summed E-state index contributed by atoms with van der Waals surface area (Å²) >= 11 is 0. The van der Waals surface area contributed by atoms with Gasteiger partial charge in [-0.3, -0.25) is 4.79 Å². The second kappa shape index (κ2) is 6.74. The quantitative estimate of drug-likeness (QED) is 0.727. The first-order chi connectivity index (χ1) is 9.33. The van der Waals surface area contributed by atoms with E-state index in [1.807, 2.05) is 30.3 Å². The minimum Gasteiger partial charge on any atom is -0.489 e. The van der Waals surface area contributed by atoms with Crippen LogP contribution in [0.15, 0.2) is 48.5 Å². The molecular weight excluding hydrogens is 236 g/mol. The molecule has 0 spiro atoms. The molecule has 0 aliphatic heterocycles. The number of benzene rings is 2. The third kappa shape index (κ3) is 3.68. The van der Waals surface area contributed by atoms with Crippen LogP contribution in [-0.4, -0.2) is 6.29 Å². The van der Waals surface area contributed by atoms with Gasteiger partial charge in [-0.05, 0) is 29.7 Å². The molecule has 2 aromatic carbocycles. The van der Waals surface area contributed by atoms with Crippen molar-refractivity contribution < 1.29 is 9.53 Å². The summed E-state index contributed by atoms with van der Waals surface area (Å²) in [7, 11) is 0. The molecule has 19 heavy (non-hydrogen) atoms. The van der Waals surface area contributed by atoms with Crippen LogP contribution in [-0.2, 0) is 13.0 Å². The average molecular weight is 254 g/mol. The number of hydrogen-bond donors (Lipinski definition) is 0. The fraction of sp³-hybridized carbons (Fsp3) is 0.235. The molecule has 0 atom stereocenters. The standard InChI is InChI=1S/C17H18O2/c1-2-6-14-7-5-10-17(11-14)19-13-16-9-4-3-8-15(16)12-18/h3-5,7-12H,2,6,13H2,1H3. The molecule has 98 valence electrons. The molecule has 0 aliphatic rings. The van der Waals surface area contributed by atoms with Crippen LogP contribution in [0.5, 0.6) is 5.75 Å². The number of rotatable bonds is 6. The Morgan fingerprint density at radius 1 is 1.11 bits per heavy atom. The van der Waals surface area contributed by atoms with Gasteiger partial charge in [-0.15, -0.1) is 0 Å². The van der Waals surface area contributed by atoms with Crippen molar-refractivity contribution in [1.29, 1.82) is 0 Å². The summed E-state index contributed by atoms with van der Waals surface area (Å²) in [6.07, 6.45) is 3.05. The lowest BCUT2D eigenvalue weighted by molar-refractivity contribution is 0.112. The van der Waals surface area contributed by atoms with Crippen LogP contribution in [0.4, 0.5) is 0 Å². The number of carbonyl (C=O) groups is 1. The highest BCUT2D eigenvalue weighted by Gasteiger charge is 2.02. The van der Waals surface area contributed by atoms with Crippen molar-refractivity contribution in [2.24, 2.45) is 0 Å². The van der Waals surface area contributed by atoms with Gasteiger partial charge < -0.3 is 4.74 Å². The first kappa shape index (κ1) is 13.3. The van der Waals surface area contributed by atoms with Crippen LogP contribution in [0.1, 0.15) is 34.8 Å². The molecule has 0 N–H and O–H groups in total. The summed E-state index contributed by atoms with van der Waals surface area (Å²) < 4.78 is 5.76. The van der Waals surface area contributed by atoms with Crippen molar-refractivity contribution in [3.63, 3.8) is 0 Å². The number of hydrogen-bond acceptors (Lipinski definition) is 2. The highest BCUT2D eigenvalue weighted by molar-refractivity contribution is 5.77. The molecular formula is C17H18O2. The highest BCUT2D eigenvalue weighted by Crippen LogP contribution is 2.17. The lowest BCUT2D eigenvalue weighted by Crippen LogP contribution is -1.99. The number of carbonyl (C=O) groups excluding carboxylic acids is 1. The van der Waals surface area contributed by atoms with Crippen molar-refractivity contribution in [2.75, 3.05) is 0 Å². The smallest absolute Gasteiger partial charge is 0.150 e. The molecule has 0 saturated carbocycles. The van der Waals surface area contributed by atoms with Gasteiger partial charge in [0.25, 0.3) is 0 Å². The van der Waals surface area contributed by atoms with E-state index >= 15 is 0 Å². The van der Waals surface area contributed by atoms with Crippen molar-refractivity contribution in [3.8, 4) is 5.75 Å². The maximum Gasteiger partial charge on any atom is 0.150 e. The monoisotopic (exact) mass is 254 g/mol. The normalized spacial score (nSPS) is 10.2. The van der Waals surface area contributed by atoms with Crippen LogP contribution in [0.25, 0.3) is 0 Å². The number of aldehydes is 1. The summed E-state index contributed by atoms with van der Waals surface area (Å²) in [4.78, 5) is 10.9. The summed E-state index contributed by atoms with van der Waals surface area (Å²) in [5, 5.41) is 0. The van der Waals surface area contributed by atoms with Crippen LogP contribution in [0, 0.1) is 0 Å². The van der Waals surface area contributed by atoms with Crippen molar-refractivity contribution in [3.05, 3.63) is 65.2 Å². The van der Waals surface area contributed by atoms with E-state index in [2.05, 4.69) is 19.1 Å². The second-order valence-corrected chi connectivity index (χ2v) is 4.50. The molecule has 0 aromatic heterocycles. The molecule has 2 rings (SSSR count). The molecule has 0 saturated heterocycles. The van der Waals surface area contributed by atoms with Crippen LogP contribution in [0.3, 0.4) is 0 Å². The van der Waals surface area contributed by atoms with E-state index in [9.17, 15) is 4.79 Å². The van der Waals surface area contributed by atoms with E-state index in [1.54, 1.807) is 6.07 Å². The fourth-order valence-electron chi connectivity index (χ4n) is 2.02. The van der Waals surface area contributed by atoms with Gasteiger partial charge in [-0.1, -0.05) is 49.7 Å². The summed E-state index contributed by atoms with van der Waals surface area (Å²) in [6, 6.07) is 15.6. The Bertz CT molecular complexity index is 546. The molecule has 0 bridgehead atoms. The van der Waals surface area contributed by atoms with E-state index in [0.29, 0.717) is 12.2 Å². The van der Waals surface area contributed by atoms with Crippen LogP contribution >= 0.6 is 0 Å². The van der Waals surface area contributed by atoms with Gasteiger partial charge in [0.2, 0.25) is 0 Å². The van der Waals surface area contributed by atoms with E-state index in [-0.39, 0.29) is 0 Å². The van der Waals surface area contributed by atoms with Crippen molar-refractivity contribution >= 4 is 6.29 Å². The molecule has 0 amide bonds. The van der Waals surface area contributed by atoms with E-state index < -0.39 is 0 Å². The number of ether oxygens (including phenoxy) is 1. The predicted octanol–water partition coefficient (Wildman–Crippen LogP) is 4.03. The Morgan fingerprint density at radius 2 is 1.95 bits per heavy atom. The van der Waals surface area contributed by atoms with Gasteiger partial charge in [0, 0.05) is 5.56 Å². The van der Waals surface area contributed by atoms with Crippen molar-refractivity contribution in [1.82, 2.24) is 0 Å². The molecule has 0 heterocycles. The molecule has 0 aliphatic carbocycles. The van der Waals surface area contributed by atoms with E-state index in [0.717, 1.165) is 30.4 Å².